The molecule has 2 fully saturated rings. The third-order valence-electron chi connectivity index (χ3n) is 5.08. The molecule has 2 aliphatic rings. The monoisotopic (exact) mass is 356 g/mol. The van der Waals surface area contributed by atoms with Crippen LogP contribution in [-0.4, -0.2) is 46.1 Å². The van der Waals surface area contributed by atoms with E-state index in [2.05, 4.69) is 15.5 Å². The molecule has 2 atom stereocenters. The number of fused-ring (bicyclic) bond motifs is 2. The Labute approximate surface area is 150 Å². The molecule has 1 aromatic heterocycles. The molecule has 0 spiro atoms. The summed E-state index contributed by atoms with van der Waals surface area (Å²) in [4.78, 5) is 18.8. The van der Waals surface area contributed by atoms with Crippen LogP contribution in [0.5, 0.6) is 0 Å². The van der Waals surface area contributed by atoms with Crippen LogP contribution in [0, 0.1) is 0 Å². The van der Waals surface area contributed by atoms with Gasteiger partial charge in [-0.1, -0.05) is 25.9 Å². The molecule has 0 aliphatic carbocycles. The van der Waals surface area contributed by atoms with Gasteiger partial charge in [-0.25, -0.2) is 0 Å². The van der Waals surface area contributed by atoms with Crippen molar-refractivity contribution in [1.29, 1.82) is 0 Å². The number of rotatable bonds is 4. The number of aryl methyl sites for hydroxylation is 1. The van der Waals surface area contributed by atoms with Gasteiger partial charge in [0.25, 0.3) is 0 Å². The molecule has 2 bridgehead atoms. The molecule has 3 heterocycles. The second-order valence-electron chi connectivity index (χ2n) is 8.03. The van der Waals surface area contributed by atoms with Crippen LogP contribution < -0.4 is 5.32 Å². The predicted molar refractivity (Wildman–Crippen MR) is 94.3 cm³/mol. The van der Waals surface area contributed by atoms with Crippen molar-refractivity contribution in [2.24, 2.45) is 0 Å². The normalized spacial score (nSPS) is 26.1. The number of carbonyl (C=O) groups excluding carboxylic acids is 1. The lowest BCUT2D eigenvalue weighted by atomic mass is 9.96. The Bertz CT molecular complexity index is 557. The lowest BCUT2D eigenvalue weighted by Gasteiger charge is -2.35. The summed E-state index contributed by atoms with van der Waals surface area (Å²) in [6, 6.07) is 1.56. The fourth-order valence-corrected chi connectivity index (χ4v) is 3.60. The average Bonchev–Trinajstić information content (AvgIpc) is 3.10. The average molecular weight is 357 g/mol. The Hall–Kier alpha value is -1.14. The van der Waals surface area contributed by atoms with Gasteiger partial charge in [-0.2, -0.15) is 4.98 Å². The summed E-state index contributed by atoms with van der Waals surface area (Å²) in [7, 11) is 1.94. The molecule has 1 N–H and O–H groups in total. The Morgan fingerprint density at radius 2 is 1.92 bits per heavy atom. The maximum Gasteiger partial charge on any atom is 0.227 e. The first-order valence-electron chi connectivity index (χ1n) is 8.67. The number of nitrogens with zero attached hydrogens (tertiary/aromatic N) is 3. The largest absolute Gasteiger partial charge is 0.343 e. The van der Waals surface area contributed by atoms with Gasteiger partial charge in [0.1, 0.15) is 0 Å². The van der Waals surface area contributed by atoms with E-state index in [1.165, 1.54) is 12.8 Å². The smallest absolute Gasteiger partial charge is 0.227 e. The Morgan fingerprint density at radius 1 is 1.29 bits per heavy atom. The van der Waals surface area contributed by atoms with Crippen LogP contribution in [-0.2, 0) is 16.6 Å². The number of hydrogen-bond donors (Lipinski definition) is 1. The quantitative estimate of drug-likeness (QED) is 0.897. The molecule has 0 aromatic carbocycles. The number of carbonyl (C=O) groups is 1. The van der Waals surface area contributed by atoms with Gasteiger partial charge in [0.05, 0.1) is 0 Å². The van der Waals surface area contributed by atoms with E-state index in [4.69, 9.17) is 4.52 Å². The summed E-state index contributed by atoms with van der Waals surface area (Å²) in [5.41, 5.74) is -0.128. The molecule has 2 aliphatic heterocycles. The first kappa shape index (κ1) is 19.2. The van der Waals surface area contributed by atoms with E-state index < -0.39 is 0 Å². The third-order valence-corrected chi connectivity index (χ3v) is 5.08. The topological polar surface area (TPSA) is 71.3 Å². The molecule has 0 radical (unpaired) electrons. The van der Waals surface area contributed by atoms with Gasteiger partial charge in [0, 0.05) is 43.4 Å². The third kappa shape index (κ3) is 4.28. The zero-order valence-electron chi connectivity index (χ0n) is 15.0. The van der Waals surface area contributed by atoms with Crippen LogP contribution in [0.3, 0.4) is 0 Å². The fourth-order valence-electron chi connectivity index (χ4n) is 3.60. The summed E-state index contributed by atoms with van der Waals surface area (Å²) in [5, 5.41) is 7.63. The molecular weight excluding hydrogens is 328 g/mol. The van der Waals surface area contributed by atoms with Crippen LogP contribution in [0.15, 0.2) is 4.52 Å². The molecule has 6 nitrogen and oxygen atoms in total. The second kappa shape index (κ2) is 7.40. The van der Waals surface area contributed by atoms with E-state index in [0.29, 0.717) is 42.7 Å². The van der Waals surface area contributed by atoms with Crippen LogP contribution in [0.25, 0.3) is 0 Å². The fraction of sp³-hybridized carbons (Fsp3) is 0.824. The summed E-state index contributed by atoms with van der Waals surface area (Å²) in [6.07, 6.45) is 5.61. The summed E-state index contributed by atoms with van der Waals surface area (Å²) in [6.45, 7) is 6.14. The minimum Gasteiger partial charge on any atom is -0.343 e. The van der Waals surface area contributed by atoms with Crippen molar-refractivity contribution in [3.63, 3.8) is 0 Å². The molecule has 2 unspecified atom stereocenters. The van der Waals surface area contributed by atoms with Crippen LogP contribution in [0.1, 0.15) is 64.6 Å². The maximum atomic E-state index is 12.5. The van der Waals surface area contributed by atoms with Crippen molar-refractivity contribution in [2.45, 2.75) is 82.8 Å². The van der Waals surface area contributed by atoms with E-state index >= 15 is 0 Å². The van der Waals surface area contributed by atoms with E-state index in [1.54, 1.807) is 0 Å². The van der Waals surface area contributed by atoms with Crippen molar-refractivity contribution < 1.29 is 9.32 Å². The van der Waals surface area contributed by atoms with E-state index in [1.807, 2.05) is 32.7 Å². The number of nitrogens with one attached hydrogen (secondary N) is 1. The first-order valence-corrected chi connectivity index (χ1v) is 8.67. The molecule has 7 heteroatoms. The standard InChI is InChI=1S/C17H28N4O2.ClH/c1-17(2,3)16-19-14(23-20-16)7-8-15(22)21(4)13-9-11-5-6-12(10-13)18-11;/h11-13,18H,5-10H2,1-4H3;1H. The number of piperidine rings is 1. The van der Waals surface area contributed by atoms with Crippen molar-refractivity contribution in [3.05, 3.63) is 11.7 Å². The Morgan fingerprint density at radius 3 is 2.46 bits per heavy atom. The molecule has 2 saturated heterocycles. The Balaban J connectivity index is 0.00000208. The molecule has 24 heavy (non-hydrogen) atoms. The minimum absolute atomic E-state index is 0. The highest BCUT2D eigenvalue weighted by Crippen LogP contribution is 2.29. The lowest BCUT2D eigenvalue weighted by Crippen LogP contribution is -2.48. The molecule has 1 aromatic rings. The van der Waals surface area contributed by atoms with Gasteiger partial charge in [-0.15, -0.1) is 12.4 Å². The Kier molecular flexibility index (Phi) is 5.91. The van der Waals surface area contributed by atoms with Gasteiger partial charge in [0.2, 0.25) is 11.8 Å². The molecular formula is C17H29ClN4O2. The van der Waals surface area contributed by atoms with Gasteiger partial charge >= 0.3 is 0 Å². The summed E-state index contributed by atoms with van der Waals surface area (Å²) < 4.78 is 5.27. The van der Waals surface area contributed by atoms with Gasteiger partial charge in [-0.05, 0) is 25.7 Å². The zero-order chi connectivity index (χ0) is 16.6. The van der Waals surface area contributed by atoms with Crippen LogP contribution in [0.4, 0.5) is 0 Å². The second-order valence-corrected chi connectivity index (χ2v) is 8.03. The number of amides is 1. The summed E-state index contributed by atoms with van der Waals surface area (Å²) in [5.74, 6) is 1.43. The number of hydrogen-bond acceptors (Lipinski definition) is 5. The van der Waals surface area contributed by atoms with Crippen molar-refractivity contribution in [3.8, 4) is 0 Å². The van der Waals surface area contributed by atoms with E-state index in [0.717, 1.165) is 12.8 Å². The highest BCUT2D eigenvalue weighted by molar-refractivity contribution is 5.85. The predicted octanol–water partition coefficient (Wildman–Crippen LogP) is 2.46. The zero-order valence-corrected chi connectivity index (χ0v) is 15.9. The summed E-state index contributed by atoms with van der Waals surface area (Å²) >= 11 is 0. The number of halogens is 1. The highest BCUT2D eigenvalue weighted by Gasteiger charge is 2.36. The van der Waals surface area contributed by atoms with Crippen LogP contribution in [0.2, 0.25) is 0 Å². The number of aromatic nitrogens is 2. The van der Waals surface area contributed by atoms with Gasteiger partial charge in [0.15, 0.2) is 5.82 Å². The maximum absolute atomic E-state index is 12.5. The lowest BCUT2D eigenvalue weighted by molar-refractivity contribution is -0.132. The van der Waals surface area contributed by atoms with E-state index in [9.17, 15) is 4.79 Å². The van der Waals surface area contributed by atoms with Gasteiger partial charge < -0.3 is 14.7 Å². The van der Waals surface area contributed by atoms with Crippen molar-refractivity contribution in [2.75, 3.05) is 7.05 Å². The molecule has 136 valence electrons. The van der Waals surface area contributed by atoms with Crippen molar-refractivity contribution >= 4 is 18.3 Å². The van der Waals surface area contributed by atoms with Gasteiger partial charge in [-0.3, -0.25) is 4.79 Å². The van der Waals surface area contributed by atoms with E-state index in [-0.39, 0.29) is 23.7 Å². The SMILES string of the molecule is CN(C(=O)CCc1nc(C(C)(C)C)no1)C1CC2CCC(C1)N2.Cl. The molecule has 0 saturated carbocycles. The highest BCUT2D eigenvalue weighted by atomic mass is 35.5. The van der Waals surface area contributed by atoms with Crippen molar-refractivity contribution in [1.82, 2.24) is 20.4 Å². The van der Waals surface area contributed by atoms with Crippen LogP contribution >= 0.6 is 12.4 Å². The molecule has 3 rings (SSSR count). The molecule has 1 amide bonds. The minimum atomic E-state index is -0.128. The first-order chi connectivity index (χ1) is 10.8.